The third-order valence-corrected chi connectivity index (χ3v) is 11.3. The van der Waals surface area contributed by atoms with Gasteiger partial charge in [-0.1, -0.05) is 146 Å². The Morgan fingerprint density at radius 2 is 1.00 bits per heavy atom. The van der Waals surface area contributed by atoms with Crippen LogP contribution in [0, 0.1) is 0 Å². The van der Waals surface area contributed by atoms with Gasteiger partial charge in [0.15, 0.2) is 6.29 Å². The van der Waals surface area contributed by atoms with Crippen molar-refractivity contribution in [1.29, 1.82) is 0 Å². The van der Waals surface area contributed by atoms with E-state index in [1.54, 1.807) is 0 Å². The first-order valence-corrected chi connectivity index (χ1v) is 24.0. The second-order valence-corrected chi connectivity index (χ2v) is 16.8. The fourth-order valence-corrected chi connectivity index (χ4v) is 7.29. The lowest BCUT2D eigenvalue weighted by molar-refractivity contribution is -0.303. The molecule has 1 rings (SSSR count). The number of hydrogen-bond donors (Lipinski definition) is 8. The van der Waals surface area contributed by atoms with Crippen molar-refractivity contribution >= 4 is 5.91 Å². The molecule has 1 fully saturated rings. The number of rotatable bonds is 39. The maximum atomic E-state index is 13.1. The van der Waals surface area contributed by atoms with Crippen LogP contribution in [0.3, 0.4) is 0 Å². The van der Waals surface area contributed by atoms with Gasteiger partial charge in [-0.3, -0.25) is 4.79 Å². The van der Waals surface area contributed by atoms with E-state index in [-0.39, 0.29) is 12.8 Å². The Bertz CT molecular complexity index is 1110. The smallest absolute Gasteiger partial charge is 0.249 e. The largest absolute Gasteiger partial charge is 0.394 e. The van der Waals surface area contributed by atoms with E-state index in [1.807, 2.05) is 0 Å². The molecule has 0 aromatic heterocycles. The van der Waals surface area contributed by atoms with Gasteiger partial charge in [0, 0.05) is 0 Å². The van der Waals surface area contributed by atoms with Gasteiger partial charge < -0.3 is 50.5 Å². The molecule has 1 aliphatic heterocycles. The Morgan fingerprint density at radius 3 is 1.52 bits per heavy atom. The monoisotopic (exact) mass is 852 g/mol. The average Bonchev–Trinajstić information content (AvgIpc) is 3.25. The van der Waals surface area contributed by atoms with E-state index in [0.717, 1.165) is 64.2 Å². The van der Waals surface area contributed by atoms with Crippen molar-refractivity contribution in [3.05, 3.63) is 48.6 Å². The summed E-state index contributed by atoms with van der Waals surface area (Å²) in [4.78, 5) is 13.1. The number of hydrogen-bond acceptors (Lipinski definition) is 10. The molecule has 1 aliphatic rings. The molecular weight excluding hydrogens is 763 g/mol. The third kappa shape index (κ3) is 27.9. The summed E-state index contributed by atoms with van der Waals surface area (Å²) in [5.41, 5.74) is 0. The molecule has 0 radical (unpaired) electrons. The predicted molar refractivity (Wildman–Crippen MR) is 242 cm³/mol. The summed E-state index contributed by atoms with van der Waals surface area (Å²) >= 11 is 0. The molecule has 0 bridgehead atoms. The number of unbranched alkanes of at least 4 members (excludes halogenated alkanes) is 19. The van der Waals surface area contributed by atoms with Gasteiger partial charge >= 0.3 is 0 Å². The first-order valence-electron chi connectivity index (χ1n) is 24.0. The SMILES string of the molecule is CCCCC/C=C/CC/C=C/CC/C=C/CCCC(O)C(O)C(COC1OC(CO)C(O)C(O)C1O)NC(=O)C(O)CCCCCC/C=C\CCCCCCCCCCC. The summed E-state index contributed by atoms with van der Waals surface area (Å²) in [5.74, 6) is -0.723. The van der Waals surface area contributed by atoms with Crippen molar-refractivity contribution in [3.63, 3.8) is 0 Å². The summed E-state index contributed by atoms with van der Waals surface area (Å²) in [5, 5.41) is 75.7. The summed E-state index contributed by atoms with van der Waals surface area (Å²) in [7, 11) is 0. The zero-order chi connectivity index (χ0) is 44.1. The van der Waals surface area contributed by atoms with Crippen LogP contribution in [0.15, 0.2) is 48.6 Å². The van der Waals surface area contributed by atoms with Crippen molar-refractivity contribution in [2.45, 2.75) is 242 Å². The summed E-state index contributed by atoms with van der Waals surface area (Å²) in [6.07, 6.45) is 34.4. The number of ether oxygens (including phenoxy) is 2. The van der Waals surface area contributed by atoms with Gasteiger partial charge in [0.25, 0.3) is 0 Å². The Morgan fingerprint density at radius 1 is 0.567 bits per heavy atom. The van der Waals surface area contributed by atoms with Crippen LogP contribution in [-0.2, 0) is 14.3 Å². The van der Waals surface area contributed by atoms with E-state index in [0.29, 0.717) is 19.3 Å². The van der Waals surface area contributed by atoms with Gasteiger partial charge in [-0.25, -0.2) is 0 Å². The van der Waals surface area contributed by atoms with Crippen LogP contribution in [0.2, 0.25) is 0 Å². The molecule has 350 valence electrons. The molecule has 0 aromatic carbocycles. The molecule has 1 saturated heterocycles. The molecule has 9 atom stereocenters. The summed E-state index contributed by atoms with van der Waals surface area (Å²) < 4.78 is 11.1. The van der Waals surface area contributed by atoms with Gasteiger partial charge in [0.1, 0.15) is 36.6 Å². The fourth-order valence-electron chi connectivity index (χ4n) is 7.29. The second-order valence-electron chi connectivity index (χ2n) is 16.8. The maximum absolute atomic E-state index is 13.1. The van der Waals surface area contributed by atoms with E-state index in [9.17, 15) is 40.5 Å². The Labute approximate surface area is 364 Å². The van der Waals surface area contributed by atoms with Crippen molar-refractivity contribution < 1.29 is 50.0 Å². The quantitative estimate of drug-likeness (QED) is 0.0221. The van der Waals surface area contributed by atoms with Crippen molar-refractivity contribution in [2.75, 3.05) is 13.2 Å². The fraction of sp³-hybridized carbons (Fsp3) is 0.816. The minimum atomic E-state index is -1.67. The van der Waals surface area contributed by atoms with Crippen LogP contribution < -0.4 is 5.32 Å². The number of carbonyl (C=O) groups is 1. The normalized spacial score (nSPS) is 22.1. The van der Waals surface area contributed by atoms with E-state index in [4.69, 9.17) is 9.47 Å². The zero-order valence-electron chi connectivity index (χ0n) is 37.7. The standard InChI is InChI=1S/C49H89NO10/c1-3-5-7-9-11-13-15-17-19-21-23-25-27-29-31-33-35-37-42(53)48(58)50-40(39-59-49-47(57)46(56)45(55)43(38-51)60-49)44(54)41(52)36-34-32-30-28-26-24-22-20-18-16-14-12-10-8-6-4-2/h12,14,20,22-23,25,28,30,40-47,49,51-57H,3-11,13,15-19,21,24,26-27,29,31-39H2,1-2H3,(H,50,58)/b14-12+,22-20+,25-23-,30-28+. The lowest BCUT2D eigenvalue weighted by Gasteiger charge is -2.40. The molecule has 11 heteroatoms. The van der Waals surface area contributed by atoms with Crippen LogP contribution in [0.4, 0.5) is 0 Å². The maximum Gasteiger partial charge on any atom is 0.249 e. The minimum absolute atomic E-state index is 0.234. The molecule has 0 aliphatic carbocycles. The number of nitrogens with one attached hydrogen (secondary N) is 1. The molecule has 11 nitrogen and oxygen atoms in total. The minimum Gasteiger partial charge on any atom is -0.394 e. The van der Waals surface area contributed by atoms with Crippen LogP contribution in [0.25, 0.3) is 0 Å². The van der Waals surface area contributed by atoms with Gasteiger partial charge in [0.05, 0.1) is 25.4 Å². The molecule has 0 aromatic rings. The van der Waals surface area contributed by atoms with Crippen LogP contribution in [0.5, 0.6) is 0 Å². The summed E-state index contributed by atoms with van der Waals surface area (Å²) in [6, 6.07) is -1.20. The van der Waals surface area contributed by atoms with E-state index >= 15 is 0 Å². The molecule has 1 amide bonds. The zero-order valence-corrected chi connectivity index (χ0v) is 37.7. The molecule has 9 unspecified atom stereocenters. The van der Waals surface area contributed by atoms with E-state index in [2.05, 4.69) is 67.8 Å². The van der Waals surface area contributed by atoms with Gasteiger partial charge in [-0.05, 0) is 89.9 Å². The number of allylic oxidation sites excluding steroid dienone is 8. The highest BCUT2D eigenvalue weighted by atomic mass is 16.7. The third-order valence-electron chi connectivity index (χ3n) is 11.3. The molecule has 1 heterocycles. The molecule has 8 N–H and O–H groups in total. The molecule has 0 saturated carbocycles. The Balaban J connectivity index is 2.49. The summed E-state index contributed by atoms with van der Waals surface area (Å²) in [6.45, 7) is 3.38. The lowest BCUT2D eigenvalue weighted by Crippen LogP contribution is -2.60. The Kier molecular flexibility index (Phi) is 36.2. The van der Waals surface area contributed by atoms with Crippen molar-refractivity contribution in [3.8, 4) is 0 Å². The van der Waals surface area contributed by atoms with Gasteiger partial charge in [-0.2, -0.15) is 0 Å². The highest BCUT2D eigenvalue weighted by molar-refractivity contribution is 5.80. The van der Waals surface area contributed by atoms with Crippen LogP contribution in [-0.4, -0.2) is 110 Å². The van der Waals surface area contributed by atoms with Gasteiger partial charge in [0.2, 0.25) is 5.91 Å². The number of carbonyl (C=O) groups excluding carboxylic acids is 1. The molecule has 60 heavy (non-hydrogen) atoms. The van der Waals surface area contributed by atoms with Gasteiger partial charge in [-0.15, -0.1) is 0 Å². The van der Waals surface area contributed by atoms with E-state index < -0.39 is 74.2 Å². The Hall–Kier alpha value is -1.93. The number of amides is 1. The molecule has 0 spiro atoms. The number of aliphatic hydroxyl groups excluding tert-OH is 7. The average molecular weight is 852 g/mol. The highest BCUT2D eigenvalue weighted by Crippen LogP contribution is 2.23. The topological polar surface area (TPSA) is 189 Å². The number of aliphatic hydroxyl groups is 7. The first kappa shape index (κ1) is 56.1. The van der Waals surface area contributed by atoms with E-state index in [1.165, 1.54) is 77.0 Å². The second kappa shape index (κ2) is 38.7. The predicted octanol–water partition coefficient (Wildman–Crippen LogP) is 8.17. The van der Waals surface area contributed by atoms with Crippen molar-refractivity contribution in [2.24, 2.45) is 0 Å². The van der Waals surface area contributed by atoms with Crippen molar-refractivity contribution in [1.82, 2.24) is 5.32 Å². The van der Waals surface area contributed by atoms with Crippen LogP contribution >= 0.6 is 0 Å². The first-order chi connectivity index (χ1) is 29.2. The lowest BCUT2D eigenvalue weighted by atomic mass is 9.98. The molecular formula is C49H89NO10. The van der Waals surface area contributed by atoms with Crippen LogP contribution in [0.1, 0.15) is 187 Å². The highest BCUT2D eigenvalue weighted by Gasteiger charge is 2.44.